The van der Waals surface area contributed by atoms with Crippen molar-refractivity contribution in [2.24, 2.45) is 0 Å². The molecule has 1 aromatic rings. The second-order valence-electron chi connectivity index (χ2n) is 6.17. The highest BCUT2D eigenvalue weighted by molar-refractivity contribution is 5.65. The zero-order valence-electron chi connectivity index (χ0n) is 14.2. The van der Waals surface area contributed by atoms with Crippen LogP contribution >= 0.6 is 0 Å². The molecule has 3 unspecified atom stereocenters. The van der Waals surface area contributed by atoms with Crippen molar-refractivity contribution in [2.45, 2.75) is 57.5 Å². The van der Waals surface area contributed by atoms with E-state index in [9.17, 15) is 27.1 Å². The summed E-state index contributed by atoms with van der Waals surface area (Å²) in [6, 6.07) is -1.99. The van der Waals surface area contributed by atoms with Crippen molar-refractivity contribution in [3.63, 3.8) is 0 Å². The molecule has 3 N–H and O–H groups in total. The van der Waals surface area contributed by atoms with E-state index in [2.05, 4.69) is 25.6 Å². The van der Waals surface area contributed by atoms with Gasteiger partial charge in [0.25, 0.3) is 6.43 Å². The van der Waals surface area contributed by atoms with Crippen LogP contribution in [0.3, 0.4) is 0 Å². The first-order valence-electron chi connectivity index (χ1n) is 8.07. The molecule has 3 atom stereocenters. The third-order valence-electron chi connectivity index (χ3n) is 3.67. The van der Waals surface area contributed by atoms with Crippen LogP contribution in [0.5, 0.6) is 0 Å². The highest BCUT2D eigenvalue weighted by atomic mass is 19.3. The molecular formula is C15H20F5N5O. The molecule has 1 aliphatic carbocycles. The van der Waals surface area contributed by atoms with E-state index in [1.165, 1.54) is 0 Å². The van der Waals surface area contributed by atoms with E-state index in [1.54, 1.807) is 13.8 Å². The third-order valence-corrected chi connectivity index (χ3v) is 3.67. The smallest absolute Gasteiger partial charge is 0.261 e. The molecule has 1 aromatic heterocycles. The molecule has 0 fully saturated rings. The highest BCUT2D eigenvalue weighted by Gasteiger charge is 2.33. The summed E-state index contributed by atoms with van der Waals surface area (Å²) in [5.74, 6) is -1.77. The van der Waals surface area contributed by atoms with Gasteiger partial charge in [0.05, 0.1) is 0 Å². The van der Waals surface area contributed by atoms with Crippen LogP contribution < -0.4 is 10.6 Å². The van der Waals surface area contributed by atoms with Crippen molar-refractivity contribution < 1.29 is 27.1 Å². The van der Waals surface area contributed by atoms with Gasteiger partial charge in [0.2, 0.25) is 11.9 Å². The molecule has 2 rings (SSSR count). The zero-order chi connectivity index (χ0) is 19.4. The van der Waals surface area contributed by atoms with Crippen molar-refractivity contribution in [2.75, 3.05) is 17.3 Å². The molecule has 0 radical (unpaired) electrons. The fraction of sp³-hybridized carbons (Fsp3) is 0.667. The predicted molar refractivity (Wildman–Crippen MR) is 86.1 cm³/mol. The number of hydrogen-bond donors (Lipinski definition) is 3. The summed E-state index contributed by atoms with van der Waals surface area (Å²) >= 11 is 0. The molecule has 146 valence electrons. The number of aliphatic hydroxyl groups is 1. The number of nitrogens with one attached hydrogen (secondary N) is 2. The largest absolute Gasteiger partial charge is 0.383 e. The van der Waals surface area contributed by atoms with Crippen molar-refractivity contribution in [3.8, 4) is 0 Å². The van der Waals surface area contributed by atoms with Gasteiger partial charge in [-0.05, 0) is 26.7 Å². The van der Waals surface area contributed by atoms with Gasteiger partial charge in [-0.2, -0.15) is 15.0 Å². The number of aromatic nitrogens is 3. The SMILES string of the molecule is CC(C)Nc1nc(NC(CF)C(F)F)nc(C2=C(F)C(O)C(F)CC2)n1. The van der Waals surface area contributed by atoms with E-state index in [1.807, 2.05) is 0 Å². The van der Waals surface area contributed by atoms with Crippen LogP contribution in [-0.4, -0.2) is 57.5 Å². The van der Waals surface area contributed by atoms with E-state index in [0.29, 0.717) is 0 Å². The summed E-state index contributed by atoms with van der Waals surface area (Å²) in [6.07, 6.45) is -6.93. The molecule has 0 aromatic carbocycles. The summed E-state index contributed by atoms with van der Waals surface area (Å²) < 4.78 is 65.9. The number of hydrogen-bond acceptors (Lipinski definition) is 6. The number of halogens is 5. The minimum Gasteiger partial charge on any atom is -0.383 e. The van der Waals surface area contributed by atoms with E-state index < -0.39 is 37.2 Å². The topological polar surface area (TPSA) is 83.0 Å². The minimum absolute atomic E-state index is 0.0449. The van der Waals surface area contributed by atoms with Crippen molar-refractivity contribution in [1.29, 1.82) is 0 Å². The number of rotatable bonds is 7. The Bertz CT molecular complexity index is 657. The molecule has 26 heavy (non-hydrogen) atoms. The fourth-order valence-electron chi connectivity index (χ4n) is 2.35. The van der Waals surface area contributed by atoms with Gasteiger partial charge in [0.15, 0.2) is 5.82 Å². The molecule has 0 spiro atoms. The van der Waals surface area contributed by atoms with Crippen molar-refractivity contribution in [3.05, 3.63) is 11.7 Å². The first kappa shape index (κ1) is 20.3. The second kappa shape index (κ2) is 8.56. The zero-order valence-corrected chi connectivity index (χ0v) is 14.2. The Morgan fingerprint density at radius 1 is 1.15 bits per heavy atom. The maximum absolute atomic E-state index is 14.2. The summed E-state index contributed by atoms with van der Waals surface area (Å²) in [5, 5.41) is 14.5. The van der Waals surface area contributed by atoms with Gasteiger partial charge in [0.1, 0.15) is 30.8 Å². The lowest BCUT2D eigenvalue weighted by atomic mass is 9.94. The predicted octanol–water partition coefficient (Wildman–Crippen LogP) is 2.88. The van der Waals surface area contributed by atoms with Crippen LogP contribution in [0.1, 0.15) is 32.5 Å². The van der Waals surface area contributed by atoms with E-state index in [4.69, 9.17) is 0 Å². The summed E-state index contributed by atoms with van der Waals surface area (Å²) in [4.78, 5) is 11.7. The molecule has 0 saturated carbocycles. The highest BCUT2D eigenvalue weighted by Crippen LogP contribution is 2.34. The second-order valence-corrected chi connectivity index (χ2v) is 6.17. The Hall–Kier alpha value is -2.04. The number of aliphatic hydroxyl groups excluding tert-OH is 1. The monoisotopic (exact) mass is 381 g/mol. The van der Waals surface area contributed by atoms with Crippen molar-refractivity contribution >= 4 is 17.5 Å². The number of nitrogens with zero attached hydrogens (tertiary/aromatic N) is 3. The van der Waals surface area contributed by atoms with Gasteiger partial charge in [-0.15, -0.1) is 0 Å². The van der Waals surface area contributed by atoms with Gasteiger partial charge >= 0.3 is 0 Å². The molecule has 0 bridgehead atoms. The molecule has 6 nitrogen and oxygen atoms in total. The Labute approximate surface area is 146 Å². The number of anilines is 2. The van der Waals surface area contributed by atoms with Gasteiger partial charge in [0, 0.05) is 11.6 Å². The van der Waals surface area contributed by atoms with Gasteiger partial charge in [-0.3, -0.25) is 0 Å². The molecular weight excluding hydrogens is 361 g/mol. The average Bonchev–Trinajstić information content (AvgIpc) is 2.56. The average molecular weight is 381 g/mol. The Morgan fingerprint density at radius 3 is 2.31 bits per heavy atom. The lowest BCUT2D eigenvalue weighted by Crippen LogP contribution is -2.31. The molecule has 11 heteroatoms. The Balaban J connectivity index is 2.43. The van der Waals surface area contributed by atoms with Crippen LogP contribution in [0.4, 0.5) is 33.8 Å². The standard InChI is InChI=1S/C15H20F5N5O/c1-6(2)21-14-23-13(7-3-4-8(17)11(26)10(7)18)24-15(25-14)22-9(5-16)12(19)20/h6,8-9,11-12,26H,3-5H2,1-2H3,(H2,21,22,23,24,25). The summed E-state index contributed by atoms with van der Waals surface area (Å²) in [6.45, 7) is 2.15. The van der Waals surface area contributed by atoms with Gasteiger partial charge < -0.3 is 15.7 Å². The number of alkyl halides is 4. The molecule has 0 saturated heterocycles. The van der Waals surface area contributed by atoms with Crippen molar-refractivity contribution in [1.82, 2.24) is 15.0 Å². The quantitative estimate of drug-likeness (QED) is 0.630. The van der Waals surface area contributed by atoms with E-state index >= 15 is 0 Å². The number of allylic oxidation sites excluding steroid dienone is 1. The minimum atomic E-state index is -3.01. The van der Waals surface area contributed by atoms with E-state index in [-0.39, 0.29) is 42.2 Å². The molecule has 1 heterocycles. The van der Waals surface area contributed by atoms with Crippen LogP contribution in [0, 0.1) is 0 Å². The third kappa shape index (κ3) is 4.77. The fourth-order valence-corrected chi connectivity index (χ4v) is 2.35. The lowest BCUT2D eigenvalue weighted by Gasteiger charge is -2.23. The molecule has 0 amide bonds. The Morgan fingerprint density at radius 2 is 1.77 bits per heavy atom. The first-order valence-corrected chi connectivity index (χ1v) is 8.07. The molecule has 0 aliphatic heterocycles. The van der Waals surface area contributed by atoms with Gasteiger partial charge in [-0.25, -0.2) is 22.0 Å². The van der Waals surface area contributed by atoms with Crippen LogP contribution in [0.2, 0.25) is 0 Å². The lowest BCUT2D eigenvalue weighted by molar-refractivity contribution is 0.0777. The molecule has 1 aliphatic rings. The van der Waals surface area contributed by atoms with Gasteiger partial charge in [-0.1, -0.05) is 0 Å². The normalized spacial score (nSPS) is 22.1. The summed E-state index contributed by atoms with van der Waals surface area (Å²) in [7, 11) is 0. The van der Waals surface area contributed by atoms with Crippen LogP contribution in [0.25, 0.3) is 5.57 Å². The van der Waals surface area contributed by atoms with Crippen LogP contribution in [0.15, 0.2) is 5.83 Å². The maximum atomic E-state index is 14.2. The summed E-state index contributed by atoms with van der Waals surface area (Å²) in [5.41, 5.74) is -0.141. The van der Waals surface area contributed by atoms with Crippen LogP contribution in [-0.2, 0) is 0 Å². The Kier molecular flexibility index (Phi) is 6.68. The van der Waals surface area contributed by atoms with E-state index in [0.717, 1.165) is 0 Å². The maximum Gasteiger partial charge on any atom is 0.261 e. The first-order chi connectivity index (χ1) is 12.2.